The Labute approximate surface area is 151 Å². The first kappa shape index (κ1) is 18.4. The molecular formula is C20H31N3O2. The molecule has 5 heteroatoms. The van der Waals surface area contributed by atoms with Gasteiger partial charge in [0.2, 0.25) is 0 Å². The third-order valence-electron chi connectivity index (χ3n) is 5.44. The zero-order chi connectivity index (χ0) is 17.5. The minimum atomic E-state index is -1.24. The van der Waals surface area contributed by atoms with E-state index in [1.54, 1.807) is 0 Å². The highest BCUT2D eigenvalue weighted by Crippen LogP contribution is 2.22. The number of aliphatic hydroxyl groups is 1. The van der Waals surface area contributed by atoms with E-state index in [2.05, 4.69) is 22.3 Å². The largest absolute Gasteiger partial charge is 0.379 e. The number of carbonyl (C=O) groups is 1. The van der Waals surface area contributed by atoms with Gasteiger partial charge in [0.05, 0.1) is 0 Å². The molecule has 0 bridgehead atoms. The van der Waals surface area contributed by atoms with Gasteiger partial charge >= 0.3 is 0 Å². The Bertz CT molecular complexity index is 545. The number of nitrogens with one attached hydrogen (secondary N) is 1. The summed E-state index contributed by atoms with van der Waals surface area (Å²) in [6.07, 6.45) is 4.85. The fourth-order valence-electron chi connectivity index (χ4n) is 3.89. The summed E-state index contributed by atoms with van der Waals surface area (Å²) in [5, 5.41) is 14.1. The Morgan fingerprint density at radius 2 is 1.80 bits per heavy atom. The summed E-state index contributed by atoms with van der Waals surface area (Å²) < 4.78 is 0. The summed E-state index contributed by atoms with van der Waals surface area (Å²) in [4.78, 5) is 17.0. The summed E-state index contributed by atoms with van der Waals surface area (Å²) in [6.45, 7) is 5.99. The van der Waals surface area contributed by atoms with Crippen LogP contribution >= 0.6 is 0 Å². The van der Waals surface area contributed by atoms with Gasteiger partial charge in [-0.15, -0.1) is 0 Å². The summed E-state index contributed by atoms with van der Waals surface area (Å²) in [5.41, 5.74) is -0.00639. The second-order valence-corrected chi connectivity index (χ2v) is 7.39. The Morgan fingerprint density at radius 3 is 2.56 bits per heavy atom. The van der Waals surface area contributed by atoms with E-state index in [0.29, 0.717) is 19.5 Å². The molecule has 2 fully saturated rings. The predicted molar refractivity (Wildman–Crippen MR) is 99.5 cm³/mol. The van der Waals surface area contributed by atoms with E-state index in [-0.39, 0.29) is 5.91 Å². The highest BCUT2D eigenvalue weighted by atomic mass is 16.3. The van der Waals surface area contributed by atoms with E-state index in [1.807, 2.05) is 23.1 Å². The van der Waals surface area contributed by atoms with Crippen LogP contribution in [0.25, 0.3) is 0 Å². The van der Waals surface area contributed by atoms with E-state index in [4.69, 9.17) is 0 Å². The van der Waals surface area contributed by atoms with Crippen LogP contribution in [0, 0.1) is 0 Å². The maximum absolute atomic E-state index is 12.7. The summed E-state index contributed by atoms with van der Waals surface area (Å²) >= 11 is 0. The molecule has 1 amide bonds. The molecule has 2 aliphatic rings. The lowest BCUT2D eigenvalue weighted by Crippen LogP contribution is -2.58. The maximum atomic E-state index is 12.7. The highest BCUT2D eigenvalue weighted by Gasteiger charge is 2.41. The van der Waals surface area contributed by atoms with Gasteiger partial charge in [0.25, 0.3) is 5.91 Å². The number of carbonyl (C=O) groups excluding carboxylic acids is 1. The average Bonchev–Trinajstić information content (AvgIpc) is 3.15. The van der Waals surface area contributed by atoms with Gasteiger partial charge < -0.3 is 20.2 Å². The summed E-state index contributed by atoms with van der Waals surface area (Å²) in [5.74, 6) is -0.108. The molecule has 1 aromatic rings. The number of amides is 1. The molecule has 0 aromatic heterocycles. The van der Waals surface area contributed by atoms with Gasteiger partial charge in [-0.2, -0.15) is 0 Å². The first-order valence-electron chi connectivity index (χ1n) is 9.66. The second-order valence-electron chi connectivity index (χ2n) is 7.39. The molecule has 2 saturated heterocycles. The Hall–Kier alpha value is -1.43. The molecule has 2 N–H and O–H groups in total. The van der Waals surface area contributed by atoms with E-state index < -0.39 is 5.60 Å². The van der Waals surface area contributed by atoms with E-state index in [0.717, 1.165) is 32.5 Å². The zero-order valence-electron chi connectivity index (χ0n) is 15.1. The molecule has 0 unspecified atom stereocenters. The Morgan fingerprint density at radius 1 is 1.04 bits per heavy atom. The molecular weight excluding hydrogens is 314 g/mol. The molecule has 3 rings (SSSR count). The van der Waals surface area contributed by atoms with Crippen LogP contribution < -0.4 is 5.32 Å². The van der Waals surface area contributed by atoms with Crippen molar-refractivity contribution >= 4 is 5.91 Å². The first-order chi connectivity index (χ1) is 12.2. The van der Waals surface area contributed by atoms with Crippen molar-refractivity contribution in [2.24, 2.45) is 0 Å². The molecule has 0 spiro atoms. The molecule has 2 heterocycles. The Kier molecular flexibility index (Phi) is 6.45. The predicted octanol–water partition coefficient (Wildman–Crippen LogP) is 1.27. The van der Waals surface area contributed by atoms with Gasteiger partial charge in [-0.3, -0.25) is 4.79 Å². The SMILES string of the molecule is O=C1N(CCc2ccccc2)CCC[C@]1(O)CNCCN1CCCC1. The molecule has 2 aliphatic heterocycles. The number of piperidine rings is 1. The van der Waals surface area contributed by atoms with Gasteiger partial charge in [0, 0.05) is 32.7 Å². The average molecular weight is 345 g/mol. The standard InChI is InChI=1S/C20H31N3O2/c24-19-20(25,17-21-11-16-22-12-4-5-13-22)10-6-14-23(19)15-9-18-7-2-1-3-8-18/h1-3,7-8,21,25H,4-6,9-17H2/t20-/m0/s1. The van der Waals surface area contributed by atoms with E-state index in [1.165, 1.54) is 31.5 Å². The maximum Gasteiger partial charge on any atom is 0.255 e. The topological polar surface area (TPSA) is 55.8 Å². The van der Waals surface area contributed by atoms with Gasteiger partial charge in [0.15, 0.2) is 5.60 Å². The molecule has 0 aliphatic carbocycles. The van der Waals surface area contributed by atoms with Crippen LogP contribution in [0.2, 0.25) is 0 Å². The van der Waals surface area contributed by atoms with Crippen LogP contribution in [-0.2, 0) is 11.2 Å². The normalized spacial score (nSPS) is 24.8. The van der Waals surface area contributed by atoms with Crippen LogP contribution in [0.5, 0.6) is 0 Å². The van der Waals surface area contributed by atoms with Crippen molar-refractivity contribution < 1.29 is 9.90 Å². The van der Waals surface area contributed by atoms with Crippen molar-refractivity contribution in [3.63, 3.8) is 0 Å². The number of hydrogen-bond acceptors (Lipinski definition) is 4. The van der Waals surface area contributed by atoms with Crippen LogP contribution in [0.15, 0.2) is 30.3 Å². The third-order valence-corrected chi connectivity index (χ3v) is 5.44. The molecule has 138 valence electrons. The van der Waals surface area contributed by atoms with Crippen molar-refractivity contribution in [2.75, 3.05) is 45.8 Å². The third kappa shape index (κ3) is 5.03. The quantitative estimate of drug-likeness (QED) is 0.697. The highest BCUT2D eigenvalue weighted by molar-refractivity contribution is 5.86. The van der Waals surface area contributed by atoms with Gasteiger partial charge in [-0.25, -0.2) is 0 Å². The molecule has 1 atom stereocenters. The van der Waals surface area contributed by atoms with Crippen molar-refractivity contribution in [1.29, 1.82) is 0 Å². The molecule has 1 aromatic carbocycles. The van der Waals surface area contributed by atoms with Crippen LogP contribution in [0.3, 0.4) is 0 Å². The van der Waals surface area contributed by atoms with Crippen molar-refractivity contribution in [3.8, 4) is 0 Å². The lowest BCUT2D eigenvalue weighted by atomic mass is 9.91. The van der Waals surface area contributed by atoms with E-state index in [9.17, 15) is 9.90 Å². The minimum Gasteiger partial charge on any atom is -0.379 e. The summed E-state index contributed by atoms with van der Waals surface area (Å²) in [7, 11) is 0. The number of nitrogens with zero attached hydrogens (tertiary/aromatic N) is 2. The zero-order valence-corrected chi connectivity index (χ0v) is 15.1. The minimum absolute atomic E-state index is 0.108. The number of likely N-dealkylation sites (tertiary alicyclic amines) is 2. The van der Waals surface area contributed by atoms with Crippen molar-refractivity contribution in [2.45, 2.75) is 37.7 Å². The van der Waals surface area contributed by atoms with Gasteiger partial charge in [0.1, 0.15) is 0 Å². The monoisotopic (exact) mass is 345 g/mol. The lowest BCUT2D eigenvalue weighted by molar-refractivity contribution is -0.156. The molecule has 0 radical (unpaired) electrons. The number of rotatable bonds is 8. The van der Waals surface area contributed by atoms with Gasteiger partial charge in [-0.1, -0.05) is 30.3 Å². The van der Waals surface area contributed by atoms with Crippen molar-refractivity contribution in [1.82, 2.24) is 15.1 Å². The summed E-state index contributed by atoms with van der Waals surface area (Å²) in [6, 6.07) is 10.2. The smallest absolute Gasteiger partial charge is 0.255 e. The number of hydrogen-bond donors (Lipinski definition) is 2. The second kappa shape index (κ2) is 8.79. The number of benzene rings is 1. The van der Waals surface area contributed by atoms with Crippen LogP contribution in [0.1, 0.15) is 31.2 Å². The van der Waals surface area contributed by atoms with E-state index >= 15 is 0 Å². The lowest BCUT2D eigenvalue weighted by Gasteiger charge is -2.38. The first-order valence-corrected chi connectivity index (χ1v) is 9.66. The molecule has 0 saturated carbocycles. The molecule has 5 nitrogen and oxygen atoms in total. The van der Waals surface area contributed by atoms with Crippen LogP contribution in [-0.4, -0.2) is 72.2 Å². The van der Waals surface area contributed by atoms with Crippen LogP contribution in [0.4, 0.5) is 0 Å². The Balaban J connectivity index is 1.44. The van der Waals surface area contributed by atoms with Crippen molar-refractivity contribution in [3.05, 3.63) is 35.9 Å². The fourth-order valence-corrected chi connectivity index (χ4v) is 3.89. The van der Waals surface area contributed by atoms with Gasteiger partial charge in [-0.05, 0) is 50.8 Å². The molecule has 25 heavy (non-hydrogen) atoms. The fraction of sp³-hybridized carbons (Fsp3) is 0.650.